The second kappa shape index (κ2) is 8.27. The van der Waals surface area contributed by atoms with E-state index < -0.39 is 15.4 Å². The van der Waals surface area contributed by atoms with E-state index in [0.29, 0.717) is 24.2 Å². The third-order valence-corrected chi connectivity index (χ3v) is 6.64. The first-order valence-corrected chi connectivity index (χ1v) is 11.0. The van der Waals surface area contributed by atoms with Gasteiger partial charge < -0.3 is 5.32 Å². The second-order valence-electron chi connectivity index (χ2n) is 7.20. The molecule has 1 fully saturated rings. The maximum Gasteiger partial charge on any atom is 0.261 e. The summed E-state index contributed by atoms with van der Waals surface area (Å²) in [6.45, 7) is 3.25. The molecule has 1 atom stereocenters. The first-order chi connectivity index (χ1) is 14.2. The molecule has 1 heterocycles. The molecule has 158 valence electrons. The maximum atomic E-state index is 12.6. The van der Waals surface area contributed by atoms with Crippen LogP contribution in [-0.4, -0.2) is 26.1 Å². The molecule has 0 bridgehead atoms. The Balaban J connectivity index is 1.78. The first-order valence-electron chi connectivity index (χ1n) is 9.51. The monoisotopic (exact) mass is 429 g/mol. The molecule has 3 amide bonds. The molecule has 3 N–H and O–H groups in total. The molecule has 9 heteroatoms. The van der Waals surface area contributed by atoms with E-state index in [-0.39, 0.29) is 29.0 Å². The van der Waals surface area contributed by atoms with Crippen molar-refractivity contribution in [3.05, 3.63) is 54.1 Å². The van der Waals surface area contributed by atoms with Gasteiger partial charge in [-0.05, 0) is 54.8 Å². The van der Waals surface area contributed by atoms with E-state index in [2.05, 4.69) is 15.4 Å². The number of hydrogen-bond donors (Lipinski definition) is 3. The fourth-order valence-electron chi connectivity index (χ4n) is 3.56. The lowest BCUT2D eigenvalue weighted by Crippen LogP contribution is -2.51. The molecule has 0 aliphatic carbocycles. The third-order valence-electron chi connectivity index (χ3n) is 5.24. The second-order valence-corrected chi connectivity index (χ2v) is 8.88. The number of amides is 3. The summed E-state index contributed by atoms with van der Waals surface area (Å²) < 4.78 is 27.8. The van der Waals surface area contributed by atoms with Gasteiger partial charge in [0.1, 0.15) is 0 Å². The summed E-state index contributed by atoms with van der Waals surface area (Å²) in [5.74, 6) is -0.850. The van der Waals surface area contributed by atoms with E-state index in [1.54, 1.807) is 24.3 Å². The van der Waals surface area contributed by atoms with Crippen molar-refractivity contribution in [3.63, 3.8) is 0 Å². The zero-order valence-electron chi connectivity index (χ0n) is 16.7. The molecule has 8 nitrogen and oxygen atoms in total. The number of benzene rings is 2. The predicted octanol–water partition coefficient (Wildman–Crippen LogP) is 2.53. The van der Waals surface area contributed by atoms with Gasteiger partial charge in [0.15, 0.2) is 0 Å². The number of hydrogen-bond acceptors (Lipinski definition) is 5. The van der Waals surface area contributed by atoms with Crippen LogP contribution in [0.4, 0.5) is 11.4 Å². The Hall–Kier alpha value is -3.20. The van der Waals surface area contributed by atoms with Gasteiger partial charge in [0, 0.05) is 24.7 Å². The highest BCUT2D eigenvalue weighted by molar-refractivity contribution is 7.92. The Kier molecular flexibility index (Phi) is 5.93. The molecule has 1 aliphatic rings. The van der Waals surface area contributed by atoms with Gasteiger partial charge in [0.05, 0.1) is 10.3 Å². The summed E-state index contributed by atoms with van der Waals surface area (Å²) in [5, 5.41) is 4.97. The van der Waals surface area contributed by atoms with E-state index in [1.165, 1.54) is 31.2 Å². The highest BCUT2D eigenvalue weighted by Gasteiger charge is 2.42. The number of rotatable bonds is 6. The zero-order valence-corrected chi connectivity index (χ0v) is 17.5. The van der Waals surface area contributed by atoms with E-state index in [4.69, 9.17) is 0 Å². The molecular weight excluding hydrogens is 406 g/mol. The molecule has 3 rings (SSSR count). The number of carbonyl (C=O) groups is 3. The molecule has 0 radical (unpaired) electrons. The Morgan fingerprint density at radius 2 is 1.63 bits per heavy atom. The fourth-order valence-corrected chi connectivity index (χ4v) is 4.62. The van der Waals surface area contributed by atoms with E-state index >= 15 is 0 Å². The molecule has 2 aromatic rings. The van der Waals surface area contributed by atoms with Crippen molar-refractivity contribution in [2.75, 3.05) is 10.0 Å². The third kappa shape index (κ3) is 4.35. The Morgan fingerprint density at radius 3 is 2.17 bits per heavy atom. The first kappa shape index (κ1) is 21.5. The van der Waals surface area contributed by atoms with Crippen LogP contribution in [0.1, 0.15) is 38.7 Å². The SMILES string of the molecule is CC[C@]1(c2ccc(NS(=O)(=O)c3ccc(NC(C)=O)cc3)cc2)CCC(=O)NC1=O. The number of nitrogens with one attached hydrogen (secondary N) is 3. The number of piperidine rings is 1. The van der Waals surface area contributed by atoms with Gasteiger partial charge in [-0.3, -0.25) is 24.4 Å². The van der Waals surface area contributed by atoms with Crippen LogP contribution in [0.15, 0.2) is 53.4 Å². The largest absolute Gasteiger partial charge is 0.326 e. The Bertz CT molecular complexity index is 1080. The molecule has 0 aromatic heterocycles. The average Bonchev–Trinajstić information content (AvgIpc) is 2.69. The molecule has 1 aliphatic heterocycles. The molecule has 2 aromatic carbocycles. The maximum absolute atomic E-state index is 12.6. The van der Waals surface area contributed by atoms with Crippen molar-refractivity contribution in [1.82, 2.24) is 5.32 Å². The summed E-state index contributed by atoms with van der Waals surface area (Å²) in [6.07, 6.45) is 1.21. The smallest absolute Gasteiger partial charge is 0.261 e. The predicted molar refractivity (Wildman–Crippen MR) is 112 cm³/mol. The normalized spacial score (nSPS) is 19.1. The number of anilines is 2. The van der Waals surface area contributed by atoms with Gasteiger partial charge in [-0.15, -0.1) is 0 Å². The summed E-state index contributed by atoms with van der Waals surface area (Å²) in [6, 6.07) is 12.4. The highest BCUT2D eigenvalue weighted by atomic mass is 32.2. The lowest BCUT2D eigenvalue weighted by molar-refractivity contribution is -0.138. The standard InChI is InChI=1S/C21H23N3O5S/c1-3-21(13-12-19(26)23-20(21)27)15-4-6-17(7-5-15)24-30(28,29)18-10-8-16(9-11-18)22-14(2)25/h4-11,24H,3,12-13H2,1-2H3,(H,22,25)(H,23,26,27)/t21-/m1/s1. The minimum absolute atomic E-state index is 0.0517. The Morgan fingerprint density at radius 1 is 1.03 bits per heavy atom. The minimum Gasteiger partial charge on any atom is -0.326 e. The van der Waals surface area contributed by atoms with Gasteiger partial charge in [-0.25, -0.2) is 8.42 Å². The van der Waals surface area contributed by atoms with Crippen molar-refractivity contribution < 1.29 is 22.8 Å². The van der Waals surface area contributed by atoms with Crippen LogP contribution in [0.5, 0.6) is 0 Å². The molecule has 30 heavy (non-hydrogen) atoms. The van der Waals surface area contributed by atoms with Crippen LogP contribution in [0.2, 0.25) is 0 Å². The van der Waals surface area contributed by atoms with Gasteiger partial charge in [-0.2, -0.15) is 0 Å². The van der Waals surface area contributed by atoms with Crippen molar-refractivity contribution in [2.45, 2.75) is 43.4 Å². The fraction of sp³-hybridized carbons (Fsp3) is 0.286. The van der Waals surface area contributed by atoms with Crippen molar-refractivity contribution in [3.8, 4) is 0 Å². The van der Waals surface area contributed by atoms with Crippen LogP contribution in [0.25, 0.3) is 0 Å². The van der Waals surface area contributed by atoms with Crippen LogP contribution in [-0.2, 0) is 29.8 Å². The summed E-state index contributed by atoms with van der Waals surface area (Å²) in [7, 11) is -3.82. The topological polar surface area (TPSA) is 121 Å². The van der Waals surface area contributed by atoms with Crippen LogP contribution in [0, 0.1) is 0 Å². The minimum atomic E-state index is -3.82. The van der Waals surface area contributed by atoms with E-state index in [1.807, 2.05) is 6.92 Å². The summed E-state index contributed by atoms with van der Waals surface area (Å²) in [5.41, 5.74) is 0.783. The molecule has 0 spiro atoms. The van der Waals surface area contributed by atoms with E-state index in [0.717, 1.165) is 5.56 Å². The lowest BCUT2D eigenvalue weighted by atomic mass is 9.72. The van der Waals surface area contributed by atoms with Gasteiger partial charge in [-0.1, -0.05) is 19.1 Å². The highest BCUT2D eigenvalue weighted by Crippen LogP contribution is 2.36. The van der Waals surface area contributed by atoms with Crippen molar-refractivity contribution >= 4 is 39.1 Å². The average molecular weight is 429 g/mol. The van der Waals surface area contributed by atoms with Crippen molar-refractivity contribution in [2.24, 2.45) is 0 Å². The molecule has 1 saturated heterocycles. The quantitative estimate of drug-likeness (QED) is 0.609. The van der Waals surface area contributed by atoms with Gasteiger partial charge in [0.25, 0.3) is 10.0 Å². The van der Waals surface area contributed by atoms with Crippen LogP contribution >= 0.6 is 0 Å². The van der Waals surface area contributed by atoms with Crippen LogP contribution in [0.3, 0.4) is 0 Å². The van der Waals surface area contributed by atoms with Gasteiger partial charge in [0.2, 0.25) is 17.7 Å². The number of carbonyl (C=O) groups excluding carboxylic acids is 3. The molecule has 0 saturated carbocycles. The molecular formula is C21H23N3O5S. The van der Waals surface area contributed by atoms with E-state index in [9.17, 15) is 22.8 Å². The number of imide groups is 1. The van der Waals surface area contributed by atoms with Gasteiger partial charge >= 0.3 is 0 Å². The summed E-state index contributed by atoms with van der Waals surface area (Å²) >= 11 is 0. The Labute approximate surface area is 175 Å². The zero-order chi connectivity index (χ0) is 21.9. The number of sulfonamides is 1. The van der Waals surface area contributed by atoms with Crippen molar-refractivity contribution in [1.29, 1.82) is 0 Å². The lowest BCUT2D eigenvalue weighted by Gasteiger charge is -2.35. The molecule has 0 unspecified atom stereocenters. The summed E-state index contributed by atoms with van der Waals surface area (Å²) in [4.78, 5) is 35.1. The van der Waals surface area contributed by atoms with Crippen LogP contribution < -0.4 is 15.4 Å².